The number of rotatable bonds is 5. The first-order valence-corrected chi connectivity index (χ1v) is 12.5. The molecule has 5 nitrogen and oxygen atoms in total. The molecule has 3 fully saturated rings. The van der Waals surface area contributed by atoms with Gasteiger partial charge in [0.2, 0.25) is 0 Å². The van der Waals surface area contributed by atoms with E-state index < -0.39 is 0 Å². The number of nitrogens with two attached hydrogens (primary N) is 1. The lowest BCUT2D eigenvalue weighted by atomic mass is 9.81. The number of nitrogens with one attached hydrogen (secondary N) is 1. The number of piperazine rings is 1. The van der Waals surface area contributed by atoms with Gasteiger partial charge in [0.15, 0.2) is 5.96 Å². The zero-order valence-electron chi connectivity index (χ0n) is 18.9. The zero-order chi connectivity index (χ0) is 21.5. The van der Waals surface area contributed by atoms with Gasteiger partial charge in [0.1, 0.15) is 5.82 Å². The maximum atomic E-state index is 13.8. The molecule has 172 valence electrons. The number of hydrogen-bond acceptors (Lipinski definition) is 3. The fourth-order valence-corrected chi connectivity index (χ4v) is 5.66. The van der Waals surface area contributed by atoms with Crippen molar-refractivity contribution in [2.24, 2.45) is 22.6 Å². The molecule has 1 heterocycles. The monoisotopic (exact) mass is 429 g/mol. The van der Waals surface area contributed by atoms with Crippen molar-refractivity contribution in [3.05, 3.63) is 30.1 Å². The first-order chi connectivity index (χ1) is 15.2. The molecule has 2 aliphatic carbocycles. The Morgan fingerprint density at radius 3 is 2.52 bits per heavy atom. The van der Waals surface area contributed by atoms with E-state index >= 15 is 0 Å². The summed E-state index contributed by atoms with van der Waals surface area (Å²) in [6.45, 7) is 5.76. The summed E-state index contributed by atoms with van der Waals surface area (Å²) in [5.41, 5.74) is 6.71. The molecule has 6 heteroatoms. The third-order valence-corrected chi connectivity index (χ3v) is 7.51. The summed E-state index contributed by atoms with van der Waals surface area (Å²) in [5, 5.41) is 3.44. The molecule has 2 unspecified atom stereocenters. The van der Waals surface area contributed by atoms with E-state index in [1.165, 1.54) is 63.9 Å². The molecule has 1 aromatic carbocycles. The number of anilines is 1. The van der Waals surface area contributed by atoms with E-state index in [0.717, 1.165) is 57.0 Å². The summed E-state index contributed by atoms with van der Waals surface area (Å²) in [6, 6.07) is 7.48. The number of nitrogens with zero attached hydrogens (tertiary/aromatic N) is 3. The lowest BCUT2D eigenvalue weighted by Gasteiger charge is -2.41. The van der Waals surface area contributed by atoms with Gasteiger partial charge in [0, 0.05) is 44.5 Å². The van der Waals surface area contributed by atoms with Gasteiger partial charge in [-0.3, -0.25) is 9.89 Å². The van der Waals surface area contributed by atoms with Gasteiger partial charge in [0.25, 0.3) is 0 Å². The number of benzene rings is 1. The SMILES string of the molecule is NCC1CCCC(CN=C(Nc2cccc(F)c2)N2CCN(C3CCCCC3)CC2)C1. The van der Waals surface area contributed by atoms with E-state index in [9.17, 15) is 4.39 Å². The van der Waals surface area contributed by atoms with Crippen LogP contribution in [0.1, 0.15) is 57.8 Å². The van der Waals surface area contributed by atoms with Crippen molar-refractivity contribution in [3.8, 4) is 0 Å². The molecule has 0 aromatic heterocycles. The Bertz CT molecular complexity index is 710. The first-order valence-electron chi connectivity index (χ1n) is 12.5. The van der Waals surface area contributed by atoms with Crippen molar-refractivity contribution >= 4 is 11.6 Å². The van der Waals surface area contributed by atoms with Crippen LogP contribution in [0.2, 0.25) is 0 Å². The van der Waals surface area contributed by atoms with E-state index in [2.05, 4.69) is 15.1 Å². The Kier molecular flexibility index (Phi) is 8.20. The Morgan fingerprint density at radius 1 is 1.00 bits per heavy atom. The minimum atomic E-state index is -0.218. The highest BCUT2D eigenvalue weighted by Gasteiger charge is 2.27. The van der Waals surface area contributed by atoms with Crippen LogP contribution >= 0.6 is 0 Å². The van der Waals surface area contributed by atoms with Crippen molar-refractivity contribution in [1.29, 1.82) is 0 Å². The highest BCUT2D eigenvalue weighted by atomic mass is 19.1. The van der Waals surface area contributed by atoms with E-state index in [1.807, 2.05) is 6.07 Å². The molecule has 0 radical (unpaired) electrons. The van der Waals surface area contributed by atoms with Gasteiger partial charge < -0.3 is 16.0 Å². The largest absolute Gasteiger partial charge is 0.340 e. The summed E-state index contributed by atoms with van der Waals surface area (Å²) in [6.07, 6.45) is 11.8. The molecule has 1 aromatic rings. The number of halogens is 1. The van der Waals surface area contributed by atoms with Gasteiger partial charge in [-0.05, 0) is 68.7 Å². The average molecular weight is 430 g/mol. The Labute approximate surface area is 187 Å². The molecule has 0 spiro atoms. The zero-order valence-corrected chi connectivity index (χ0v) is 18.9. The Hall–Kier alpha value is -1.66. The van der Waals surface area contributed by atoms with E-state index in [4.69, 9.17) is 10.7 Å². The van der Waals surface area contributed by atoms with Gasteiger partial charge in [-0.15, -0.1) is 0 Å². The van der Waals surface area contributed by atoms with Crippen molar-refractivity contribution in [3.63, 3.8) is 0 Å². The van der Waals surface area contributed by atoms with E-state index in [0.29, 0.717) is 11.8 Å². The molecule has 0 amide bonds. The Morgan fingerprint density at radius 2 is 1.77 bits per heavy atom. The van der Waals surface area contributed by atoms with Crippen LogP contribution in [0.25, 0.3) is 0 Å². The van der Waals surface area contributed by atoms with Crippen LogP contribution in [0.4, 0.5) is 10.1 Å². The topological polar surface area (TPSA) is 56.9 Å². The molecule has 2 atom stereocenters. The standard InChI is InChI=1S/C25H40FN5/c26-22-8-5-9-23(17-22)29-25(28-19-21-7-4-6-20(16-21)18-27)31-14-12-30(13-15-31)24-10-2-1-3-11-24/h5,8-9,17,20-21,24H,1-4,6-7,10-16,18-19,27H2,(H,28,29). The molecule has 2 saturated carbocycles. The van der Waals surface area contributed by atoms with Gasteiger partial charge >= 0.3 is 0 Å². The van der Waals surface area contributed by atoms with Crippen LogP contribution < -0.4 is 11.1 Å². The van der Waals surface area contributed by atoms with Gasteiger partial charge in [-0.2, -0.15) is 0 Å². The van der Waals surface area contributed by atoms with Gasteiger partial charge in [-0.1, -0.05) is 31.7 Å². The van der Waals surface area contributed by atoms with Crippen LogP contribution in [0.3, 0.4) is 0 Å². The smallest absolute Gasteiger partial charge is 0.198 e. The quantitative estimate of drug-likeness (QED) is 0.541. The molecule has 4 rings (SSSR count). The third kappa shape index (κ3) is 6.42. The molecule has 1 aliphatic heterocycles. The lowest BCUT2D eigenvalue weighted by molar-refractivity contribution is 0.107. The lowest BCUT2D eigenvalue weighted by Crippen LogP contribution is -2.53. The molecule has 0 bridgehead atoms. The minimum absolute atomic E-state index is 0.218. The maximum Gasteiger partial charge on any atom is 0.198 e. The summed E-state index contributed by atoms with van der Waals surface area (Å²) >= 11 is 0. The van der Waals surface area contributed by atoms with Crippen molar-refractivity contribution < 1.29 is 4.39 Å². The van der Waals surface area contributed by atoms with Crippen LogP contribution in [0.15, 0.2) is 29.3 Å². The summed E-state index contributed by atoms with van der Waals surface area (Å²) in [7, 11) is 0. The highest BCUT2D eigenvalue weighted by Crippen LogP contribution is 2.29. The molecule has 1 saturated heterocycles. The van der Waals surface area contributed by atoms with Crippen molar-refractivity contribution in [1.82, 2.24) is 9.80 Å². The first kappa shape index (κ1) is 22.5. The summed E-state index contributed by atoms with van der Waals surface area (Å²) < 4.78 is 13.8. The fraction of sp³-hybridized carbons (Fsp3) is 0.720. The second kappa shape index (κ2) is 11.3. The second-order valence-electron chi connectivity index (χ2n) is 9.75. The highest BCUT2D eigenvalue weighted by molar-refractivity contribution is 5.93. The minimum Gasteiger partial charge on any atom is -0.340 e. The number of aliphatic imine (C=N–C) groups is 1. The molecule has 3 aliphatic rings. The summed E-state index contributed by atoms with van der Waals surface area (Å²) in [4.78, 5) is 10.1. The van der Waals surface area contributed by atoms with Gasteiger partial charge in [-0.25, -0.2) is 4.39 Å². The van der Waals surface area contributed by atoms with Crippen LogP contribution in [0, 0.1) is 17.7 Å². The number of guanidine groups is 1. The van der Waals surface area contributed by atoms with Gasteiger partial charge in [0.05, 0.1) is 0 Å². The third-order valence-electron chi connectivity index (χ3n) is 7.51. The van der Waals surface area contributed by atoms with Crippen LogP contribution in [-0.2, 0) is 0 Å². The second-order valence-corrected chi connectivity index (χ2v) is 9.75. The summed E-state index contributed by atoms with van der Waals surface area (Å²) in [5.74, 6) is 1.94. The van der Waals surface area contributed by atoms with Crippen molar-refractivity contribution in [2.45, 2.75) is 63.8 Å². The predicted molar refractivity (Wildman–Crippen MR) is 127 cm³/mol. The fourth-order valence-electron chi connectivity index (χ4n) is 5.66. The molecular formula is C25H40FN5. The Balaban J connectivity index is 1.40. The van der Waals surface area contributed by atoms with Crippen LogP contribution in [-0.4, -0.2) is 61.1 Å². The average Bonchev–Trinajstić information content (AvgIpc) is 2.82. The predicted octanol–water partition coefficient (Wildman–Crippen LogP) is 4.31. The normalized spacial score (nSPS) is 26.8. The molecule has 3 N–H and O–H groups in total. The van der Waals surface area contributed by atoms with Crippen LogP contribution in [0.5, 0.6) is 0 Å². The van der Waals surface area contributed by atoms with Crippen molar-refractivity contribution in [2.75, 3.05) is 44.6 Å². The van der Waals surface area contributed by atoms with E-state index in [1.54, 1.807) is 12.1 Å². The molecular weight excluding hydrogens is 389 g/mol. The number of hydrogen-bond donors (Lipinski definition) is 2. The van der Waals surface area contributed by atoms with E-state index in [-0.39, 0.29) is 5.82 Å². The maximum absolute atomic E-state index is 13.8. The molecule has 31 heavy (non-hydrogen) atoms.